The number of benzene rings is 1. The summed E-state index contributed by atoms with van der Waals surface area (Å²) < 4.78 is 17.4. The molecule has 88 valence electrons. The average Bonchev–Trinajstić information content (AvgIpc) is 2.22. The Morgan fingerprint density at radius 3 is 2.88 bits per heavy atom. The van der Waals surface area contributed by atoms with Gasteiger partial charge in [0.15, 0.2) is 0 Å². The molecular weight excluding hydrogens is 237 g/mol. The minimum atomic E-state index is -0.861. The molecule has 0 heterocycles. The molecule has 0 aliphatic rings. The quantitative estimate of drug-likeness (QED) is 0.798. The molecule has 0 aliphatic carbocycles. The van der Waals surface area contributed by atoms with Crippen LogP contribution in [-0.4, -0.2) is 18.2 Å². The van der Waals surface area contributed by atoms with Crippen molar-refractivity contribution in [2.75, 3.05) is 7.11 Å². The number of halogens is 2. The lowest BCUT2D eigenvalue weighted by atomic mass is 10.0. The molecule has 0 unspecified atom stereocenters. The number of ether oxygens (including phenoxy) is 1. The van der Waals surface area contributed by atoms with Gasteiger partial charge in [0.25, 0.3) is 0 Å². The molecular formula is C10H11ClFNO3. The van der Waals surface area contributed by atoms with Crippen LogP contribution in [0.5, 0.6) is 5.75 Å². The van der Waals surface area contributed by atoms with Crippen LogP contribution in [-0.2, 0) is 9.53 Å². The van der Waals surface area contributed by atoms with Crippen molar-refractivity contribution in [1.82, 2.24) is 0 Å². The smallest absolute Gasteiger partial charge is 0.307 e. The van der Waals surface area contributed by atoms with E-state index >= 15 is 0 Å². The molecule has 1 rings (SSSR count). The topological polar surface area (TPSA) is 72.5 Å². The van der Waals surface area contributed by atoms with E-state index in [1.807, 2.05) is 0 Å². The zero-order chi connectivity index (χ0) is 12.3. The molecule has 1 aromatic carbocycles. The molecule has 3 N–H and O–H groups in total. The van der Waals surface area contributed by atoms with Gasteiger partial charge in [-0.1, -0.05) is 11.6 Å². The van der Waals surface area contributed by atoms with Crippen LogP contribution in [0.3, 0.4) is 0 Å². The lowest BCUT2D eigenvalue weighted by molar-refractivity contribution is -0.141. The number of rotatable bonds is 3. The number of esters is 1. The molecule has 0 saturated heterocycles. The lowest BCUT2D eigenvalue weighted by Gasteiger charge is -2.13. The number of hydrogen-bond acceptors (Lipinski definition) is 4. The first-order valence-electron chi connectivity index (χ1n) is 4.46. The van der Waals surface area contributed by atoms with Crippen LogP contribution in [0.2, 0.25) is 5.02 Å². The number of methoxy groups -OCH3 is 1. The highest BCUT2D eigenvalue weighted by Crippen LogP contribution is 2.33. The first-order valence-corrected chi connectivity index (χ1v) is 4.83. The summed E-state index contributed by atoms with van der Waals surface area (Å²) in [6.45, 7) is 0. The zero-order valence-corrected chi connectivity index (χ0v) is 9.29. The minimum Gasteiger partial charge on any atom is -0.506 e. The van der Waals surface area contributed by atoms with Crippen LogP contribution in [0, 0.1) is 5.82 Å². The van der Waals surface area contributed by atoms with Gasteiger partial charge in [-0.3, -0.25) is 4.79 Å². The van der Waals surface area contributed by atoms with Crippen LogP contribution >= 0.6 is 11.6 Å². The van der Waals surface area contributed by atoms with Crippen molar-refractivity contribution in [1.29, 1.82) is 0 Å². The summed E-state index contributed by atoms with van der Waals surface area (Å²) in [5, 5.41) is 9.40. The van der Waals surface area contributed by atoms with Crippen molar-refractivity contribution in [3.05, 3.63) is 28.5 Å². The Morgan fingerprint density at radius 1 is 1.69 bits per heavy atom. The van der Waals surface area contributed by atoms with E-state index in [4.69, 9.17) is 17.3 Å². The molecule has 0 saturated carbocycles. The molecule has 0 spiro atoms. The second-order valence-electron chi connectivity index (χ2n) is 3.21. The van der Waals surface area contributed by atoms with Gasteiger partial charge in [0.05, 0.1) is 18.6 Å². The van der Waals surface area contributed by atoms with E-state index in [0.29, 0.717) is 0 Å². The van der Waals surface area contributed by atoms with E-state index in [2.05, 4.69) is 4.74 Å². The van der Waals surface area contributed by atoms with Crippen LogP contribution in [0.25, 0.3) is 0 Å². The predicted octanol–water partition coefficient (Wildman–Crippen LogP) is 1.75. The summed E-state index contributed by atoms with van der Waals surface area (Å²) in [7, 11) is 1.22. The first-order chi connectivity index (χ1) is 7.45. The van der Waals surface area contributed by atoms with Gasteiger partial charge >= 0.3 is 5.97 Å². The SMILES string of the molecule is COC(=O)C[C@@H](N)c1cc(F)cc(Cl)c1O. The van der Waals surface area contributed by atoms with Gasteiger partial charge in [0.2, 0.25) is 0 Å². The predicted molar refractivity (Wildman–Crippen MR) is 56.6 cm³/mol. The Hall–Kier alpha value is -1.33. The van der Waals surface area contributed by atoms with Crippen molar-refractivity contribution in [3.63, 3.8) is 0 Å². The van der Waals surface area contributed by atoms with Crippen LogP contribution in [0.4, 0.5) is 4.39 Å². The van der Waals surface area contributed by atoms with Gasteiger partial charge in [-0.15, -0.1) is 0 Å². The fourth-order valence-corrected chi connectivity index (χ4v) is 1.45. The third-order valence-electron chi connectivity index (χ3n) is 2.07. The number of carbonyl (C=O) groups excluding carboxylic acids is 1. The van der Waals surface area contributed by atoms with Gasteiger partial charge in [-0.2, -0.15) is 0 Å². The number of aromatic hydroxyl groups is 1. The minimum absolute atomic E-state index is 0.0791. The third-order valence-corrected chi connectivity index (χ3v) is 2.36. The molecule has 0 fully saturated rings. The Labute approximate surface area is 96.8 Å². The van der Waals surface area contributed by atoms with Crippen molar-refractivity contribution in [2.24, 2.45) is 5.73 Å². The summed E-state index contributed by atoms with van der Waals surface area (Å²) in [5.41, 5.74) is 5.70. The number of phenols is 1. The van der Waals surface area contributed by atoms with E-state index in [-0.39, 0.29) is 22.8 Å². The highest BCUT2D eigenvalue weighted by atomic mass is 35.5. The molecule has 1 atom stereocenters. The van der Waals surface area contributed by atoms with E-state index < -0.39 is 17.8 Å². The maximum absolute atomic E-state index is 13.0. The number of carbonyl (C=O) groups is 1. The summed E-state index contributed by atoms with van der Waals surface area (Å²) in [5.74, 6) is -1.50. The number of phenolic OH excluding ortho intramolecular Hbond substituents is 1. The highest BCUT2D eigenvalue weighted by molar-refractivity contribution is 6.32. The zero-order valence-electron chi connectivity index (χ0n) is 8.54. The Bertz CT molecular complexity index is 411. The maximum Gasteiger partial charge on any atom is 0.307 e. The summed E-state index contributed by atoms with van der Waals surface area (Å²) in [6.07, 6.45) is -0.163. The molecule has 0 amide bonds. The van der Waals surface area contributed by atoms with Crippen molar-refractivity contribution < 1.29 is 19.0 Å². The largest absolute Gasteiger partial charge is 0.506 e. The summed E-state index contributed by atoms with van der Waals surface area (Å²) in [4.78, 5) is 11.0. The van der Waals surface area contributed by atoms with Crippen LogP contribution in [0.15, 0.2) is 12.1 Å². The van der Waals surface area contributed by atoms with Gasteiger partial charge in [-0.05, 0) is 12.1 Å². The van der Waals surface area contributed by atoms with Gasteiger partial charge in [-0.25, -0.2) is 4.39 Å². The molecule has 0 radical (unpaired) electrons. The lowest BCUT2D eigenvalue weighted by Crippen LogP contribution is -2.16. The molecule has 16 heavy (non-hydrogen) atoms. The average molecular weight is 248 g/mol. The fourth-order valence-electron chi connectivity index (χ4n) is 1.24. The number of nitrogens with two attached hydrogens (primary N) is 1. The van der Waals surface area contributed by atoms with Crippen LogP contribution in [0.1, 0.15) is 18.0 Å². The molecule has 6 heteroatoms. The second kappa shape index (κ2) is 5.14. The van der Waals surface area contributed by atoms with Crippen LogP contribution < -0.4 is 5.73 Å². The molecule has 4 nitrogen and oxygen atoms in total. The van der Waals surface area contributed by atoms with E-state index in [1.54, 1.807) is 0 Å². The van der Waals surface area contributed by atoms with Gasteiger partial charge < -0.3 is 15.6 Å². The fraction of sp³-hybridized carbons (Fsp3) is 0.300. The standard InChI is InChI=1S/C10H11ClFNO3/c1-16-9(14)4-8(13)6-2-5(12)3-7(11)10(6)15/h2-3,8,15H,4,13H2,1H3/t8-/m1/s1. The first kappa shape index (κ1) is 12.7. The molecule has 0 aromatic heterocycles. The molecule has 1 aromatic rings. The summed E-state index contributed by atoms with van der Waals surface area (Å²) >= 11 is 5.57. The summed E-state index contributed by atoms with van der Waals surface area (Å²) in [6, 6.07) is 1.14. The van der Waals surface area contributed by atoms with Gasteiger partial charge in [0.1, 0.15) is 11.6 Å². The Kier molecular flexibility index (Phi) is 4.09. The number of hydrogen-bond donors (Lipinski definition) is 2. The van der Waals surface area contributed by atoms with E-state index in [0.717, 1.165) is 12.1 Å². The van der Waals surface area contributed by atoms with E-state index in [9.17, 15) is 14.3 Å². The van der Waals surface area contributed by atoms with Crippen molar-refractivity contribution in [2.45, 2.75) is 12.5 Å². The van der Waals surface area contributed by atoms with Gasteiger partial charge in [0, 0.05) is 11.6 Å². The Morgan fingerprint density at radius 2 is 2.31 bits per heavy atom. The maximum atomic E-state index is 13.0. The highest BCUT2D eigenvalue weighted by Gasteiger charge is 2.18. The van der Waals surface area contributed by atoms with E-state index in [1.165, 1.54) is 7.11 Å². The normalized spacial score (nSPS) is 12.2. The second-order valence-corrected chi connectivity index (χ2v) is 3.62. The van der Waals surface area contributed by atoms with Crippen molar-refractivity contribution >= 4 is 17.6 Å². The Balaban J connectivity index is 2.99. The van der Waals surface area contributed by atoms with Crippen molar-refractivity contribution in [3.8, 4) is 5.75 Å². The third kappa shape index (κ3) is 2.84. The molecule has 0 aliphatic heterocycles. The molecule has 0 bridgehead atoms. The monoisotopic (exact) mass is 247 g/mol.